The molecule has 5 nitrogen and oxygen atoms in total. The van der Waals surface area contributed by atoms with E-state index in [2.05, 4.69) is 4.74 Å². The second kappa shape index (κ2) is 4.57. The Hall–Kier alpha value is -0.620. The lowest BCUT2D eigenvalue weighted by Crippen LogP contribution is -2.42. The highest BCUT2D eigenvalue weighted by atomic mass is 32.2. The Morgan fingerprint density at radius 1 is 1.35 bits per heavy atom. The minimum absolute atomic E-state index is 0.0553. The Morgan fingerprint density at radius 2 is 2.00 bits per heavy atom. The van der Waals surface area contributed by atoms with Gasteiger partial charge in [-0.05, 0) is 32.1 Å². The summed E-state index contributed by atoms with van der Waals surface area (Å²) in [4.78, 5) is 11.7. The maximum atomic E-state index is 12.4. The second-order valence-electron chi connectivity index (χ2n) is 4.77. The van der Waals surface area contributed by atoms with Crippen LogP contribution in [0.25, 0.3) is 0 Å². The number of ether oxygens (including phenoxy) is 2. The number of hydrogen-bond donors (Lipinski definition) is 0. The number of carbonyl (C=O) groups is 1. The smallest absolute Gasteiger partial charge is 0.324 e. The lowest BCUT2D eigenvalue weighted by Gasteiger charge is -2.21. The molecule has 3 atom stereocenters. The van der Waals surface area contributed by atoms with Crippen LogP contribution < -0.4 is 0 Å². The van der Waals surface area contributed by atoms with Crippen molar-refractivity contribution in [3.8, 4) is 0 Å². The average Bonchev–Trinajstić information content (AvgIpc) is 2.98. The third-order valence-electron chi connectivity index (χ3n) is 3.57. The van der Waals surface area contributed by atoms with Gasteiger partial charge in [-0.2, -0.15) is 0 Å². The van der Waals surface area contributed by atoms with Gasteiger partial charge >= 0.3 is 5.97 Å². The first-order valence-corrected chi connectivity index (χ1v) is 7.51. The first-order valence-electron chi connectivity index (χ1n) is 5.90. The number of methoxy groups -OCH3 is 1. The van der Waals surface area contributed by atoms with Crippen LogP contribution >= 0.6 is 0 Å². The van der Waals surface area contributed by atoms with Crippen molar-refractivity contribution in [2.45, 2.75) is 42.8 Å². The highest BCUT2D eigenvalue weighted by Gasteiger charge is 2.51. The molecule has 0 N–H and O–H groups in total. The summed E-state index contributed by atoms with van der Waals surface area (Å²) < 4.78 is 34.8. The number of esters is 1. The van der Waals surface area contributed by atoms with E-state index in [1.165, 1.54) is 7.11 Å². The zero-order valence-corrected chi connectivity index (χ0v) is 10.9. The van der Waals surface area contributed by atoms with E-state index in [4.69, 9.17) is 4.74 Å². The molecule has 0 aromatic carbocycles. The molecular formula is C11H18O5S. The van der Waals surface area contributed by atoms with E-state index >= 15 is 0 Å². The highest BCUT2D eigenvalue weighted by molar-refractivity contribution is 7.93. The van der Waals surface area contributed by atoms with Crippen LogP contribution in [0, 0.1) is 5.92 Å². The fourth-order valence-electron chi connectivity index (χ4n) is 2.44. The van der Waals surface area contributed by atoms with Crippen molar-refractivity contribution >= 4 is 15.8 Å². The van der Waals surface area contributed by atoms with Crippen LogP contribution in [0.1, 0.15) is 26.2 Å². The Bertz CT molecular complexity index is 398. The monoisotopic (exact) mass is 262 g/mol. The molecule has 1 aliphatic heterocycles. The lowest BCUT2D eigenvalue weighted by atomic mass is 10.2. The van der Waals surface area contributed by atoms with Gasteiger partial charge in [0.2, 0.25) is 0 Å². The summed E-state index contributed by atoms with van der Waals surface area (Å²) in [5, 5.41) is -1.55. The topological polar surface area (TPSA) is 69.7 Å². The third-order valence-corrected chi connectivity index (χ3v) is 6.31. The third kappa shape index (κ3) is 2.33. The molecule has 0 aromatic heterocycles. The van der Waals surface area contributed by atoms with E-state index in [9.17, 15) is 13.2 Å². The zero-order valence-electron chi connectivity index (χ0n) is 10.1. The summed E-state index contributed by atoms with van der Waals surface area (Å²) in [6.45, 7) is 2.19. The van der Waals surface area contributed by atoms with Gasteiger partial charge in [-0.3, -0.25) is 4.79 Å². The Kier molecular flexibility index (Phi) is 3.45. The minimum Gasteiger partial charge on any atom is -0.468 e. The van der Waals surface area contributed by atoms with E-state index < -0.39 is 26.3 Å². The van der Waals surface area contributed by atoms with Gasteiger partial charge in [0.05, 0.1) is 18.5 Å². The quantitative estimate of drug-likeness (QED) is 0.691. The van der Waals surface area contributed by atoms with Gasteiger partial charge in [-0.25, -0.2) is 8.42 Å². The van der Waals surface area contributed by atoms with Crippen molar-refractivity contribution in [2.75, 3.05) is 13.7 Å². The van der Waals surface area contributed by atoms with Gasteiger partial charge in [0.15, 0.2) is 15.1 Å². The van der Waals surface area contributed by atoms with E-state index in [0.717, 1.165) is 12.8 Å². The SMILES string of the molecule is COC(=O)C(C1CC1)S(=O)(=O)C1CCOC1C. The molecule has 2 fully saturated rings. The molecule has 1 heterocycles. The summed E-state index contributed by atoms with van der Waals surface area (Å²) in [5.74, 6) is -0.674. The number of sulfone groups is 1. The summed E-state index contributed by atoms with van der Waals surface area (Å²) in [5.41, 5.74) is 0. The van der Waals surface area contributed by atoms with Crippen molar-refractivity contribution in [1.29, 1.82) is 0 Å². The fourth-order valence-corrected chi connectivity index (χ4v) is 5.03. The van der Waals surface area contributed by atoms with E-state index in [1.807, 2.05) is 0 Å². The van der Waals surface area contributed by atoms with Crippen molar-refractivity contribution in [2.24, 2.45) is 5.92 Å². The Labute approximate surface area is 101 Å². The van der Waals surface area contributed by atoms with Crippen molar-refractivity contribution < 1.29 is 22.7 Å². The summed E-state index contributed by atoms with van der Waals surface area (Å²) in [7, 11) is -2.26. The molecule has 2 rings (SSSR count). The van der Waals surface area contributed by atoms with Crippen molar-refractivity contribution in [1.82, 2.24) is 0 Å². The molecule has 0 bridgehead atoms. The average molecular weight is 262 g/mol. The van der Waals surface area contributed by atoms with Crippen LogP contribution in [0.5, 0.6) is 0 Å². The van der Waals surface area contributed by atoms with Crippen molar-refractivity contribution in [3.63, 3.8) is 0 Å². The molecule has 98 valence electrons. The number of rotatable bonds is 4. The first-order chi connectivity index (χ1) is 7.98. The molecule has 3 unspecified atom stereocenters. The zero-order chi connectivity index (χ0) is 12.6. The molecule has 6 heteroatoms. The molecular weight excluding hydrogens is 244 g/mol. The summed E-state index contributed by atoms with van der Waals surface area (Å²) in [6, 6.07) is 0. The summed E-state index contributed by atoms with van der Waals surface area (Å²) in [6.07, 6.45) is 1.73. The molecule has 2 aliphatic rings. The van der Waals surface area contributed by atoms with E-state index in [0.29, 0.717) is 13.0 Å². The predicted octanol–water partition coefficient (Wildman–Crippen LogP) is 0.530. The standard InChI is InChI=1S/C11H18O5S/c1-7-9(5-6-16-7)17(13,14)10(8-3-4-8)11(12)15-2/h7-10H,3-6H2,1-2H3. The van der Waals surface area contributed by atoms with Crippen LogP contribution in [0.2, 0.25) is 0 Å². The number of carbonyl (C=O) groups excluding carboxylic acids is 1. The Morgan fingerprint density at radius 3 is 2.41 bits per heavy atom. The van der Waals surface area contributed by atoms with Gasteiger partial charge in [0.1, 0.15) is 0 Å². The van der Waals surface area contributed by atoms with Crippen LogP contribution in [0.3, 0.4) is 0 Å². The van der Waals surface area contributed by atoms with Crippen LogP contribution in [0.15, 0.2) is 0 Å². The van der Waals surface area contributed by atoms with Gasteiger partial charge in [-0.1, -0.05) is 0 Å². The van der Waals surface area contributed by atoms with Gasteiger partial charge in [-0.15, -0.1) is 0 Å². The maximum absolute atomic E-state index is 12.4. The van der Waals surface area contributed by atoms with E-state index in [-0.39, 0.29) is 12.0 Å². The van der Waals surface area contributed by atoms with Crippen LogP contribution in [-0.4, -0.2) is 44.7 Å². The molecule has 0 radical (unpaired) electrons. The predicted molar refractivity (Wildman–Crippen MR) is 61.3 cm³/mol. The van der Waals surface area contributed by atoms with E-state index in [1.54, 1.807) is 6.92 Å². The fraction of sp³-hybridized carbons (Fsp3) is 0.909. The Balaban J connectivity index is 2.25. The van der Waals surface area contributed by atoms with Gasteiger partial charge in [0, 0.05) is 6.61 Å². The minimum atomic E-state index is -3.50. The molecule has 0 spiro atoms. The van der Waals surface area contributed by atoms with Gasteiger partial charge < -0.3 is 9.47 Å². The molecule has 1 saturated carbocycles. The van der Waals surface area contributed by atoms with Crippen LogP contribution in [0.4, 0.5) is 0 Å². The largest absolute Gasteiger partial charge is 0.468 e. The normalized spacial score (nSPS) is 31.2. The van der Waals surface area contributed by atoms with Crippen LogP contribution in [-0.2, 0) is 24.1 Å². The molecule has 17 heavy (non-hydrogen) atoms. The second-order valence-corrected chi connectivity index (χ2v) is 7.06. The molecule has 1 saturated heterocycles. The lowest BCUT2D eigenvalue weighted by molar-refractivity contribution is -0.140. The van der Waals surface area contributed by atoms with Crippen molar-refractivity contribution in [3.05, 3.63) is 0 Å². The highest BCUT2D eigenvalue weighted by Crippen LogP contribution is 2.39. The van der Waals surface area contributed by atoms with Gasteiger partial charge in [0.25, 0.3) is 0 Å². The summed E-state index contributed by atoms with van der Waals surface area (Å²) >= 11 is 0. The number of hydrogen-bond acceptors (Lipinski definition) is 5. The maximum Gasteiger partial charge on any atom is 0.324 e. The molecule has 1 aliphatic carbocycles. The molecule has 0 aromatic rings. The first kappa shape index (κ1) is 12.8. The molecule has 0 amide bonds.